The van der Waals surface area contributed by atoms with E-state index in [1.165, 1.54) is 62.3 Å². The molecule has 1 heterocycles. The number of hydrogen-bond donors (Lipinski definition) is 1. The molecule has 0 aliphatic carbocycles. The number of rotatable bonds is 13. The Kier molecular flexibility index (Phi) is 9.69. The van der Waals surface area contributed by atoms with Crippen LogP contribution in [0.5, 0.6) is 11.5 Å². The molecular weight excluding hydrogens is 420 g/mol. The van der Waals surface area contributed by atoms with E-state index in [-0.39, 0.29) is 11.7 Å². The average Bonchev–Trinajstić information content (AvgIpc) is 3.20. The fraction of sp³-hybridized carbons (Fsp3) is 0.423. The van der Waals surface area contributed by atoms with E-state index in [0.717, 1.165) is 23.1 Å². The lowest BCUT2D eigenvalue weighted by Crippen LogP contribution is -2.07. The lowest BCUT2D eigenvalue weighted by molar-refractivity contribution is -0.134. The molecule has 0 spiro atoms. The summed E-state index contributed by atoms with van der Waals surface area (Å²) in [5, 5.41) is 10.9. The Morgan fingerprint density at radius 2 is 1.75 bits per heavy atom. The van der Waals surface area contributed by atoms with E-state index < -0.39 is 0 Å². The van der Waals surface area contributed by atoms with Crippen LogP contribution in [0, 0.1) is 0 Å². The van der Waals surface area contributed by atoms with Gasteiger partial charge in [0.15, 0.2) is 0 Å². The van der Waals surface area contributed by atoms with Crippen LogP contribution in [0.2, 0.25) is 0 Å². The molecule has 0 fully saturated rings. The number of ether oxygens (including phenoxy) is 1. The lowest BCUT2D eigenvalue weighted by Gasteiger charge is -2.06. The van der Waals surface area contributed by atoms with Crippen LogP contribution in [0.3, 0.4) is 0 Å². The topological polar surface area (TPSA) is 71.8 Å². The van der Waals surface area contributed by atoms with Gasteiger partial charge < -0.3 is 9.84 Å². The molecule has 5 nitrogen and oxygen atoms in total. The quantitative estimate of drug-likeness (QED) is 0.126. The standard InChI is InChI=1S/C26H32N2O3S/c1-2-3-4-5-6-7-8-9-10-15-25(30)31-21-17-16-20(23(29)18-21)19-27-26-28-22-13-11-12-14-24(22)32-26/h11-14,16-19,29H,2-10,15H2,1H3/b27-19+. The highest BCUT2D eigenvalue weighted by Gasteiger charge is 2.08. The molecule has 3 aromatic rings. The molecule has 32 heavy (non-hydrogen) atoms. The van der Waals surface area contributed by atoms with Gasteiger partial charge in [0.25, 0.3) is 0 Å². The lowest BCUT2D eigenvalue weighted by atomic mass is 10.1. The molecule has 0 atom stereocenters. The number of carbonyl (C=O) groups excluding carboxylic acids is 1. The van der Waals surface area contributed by atoms with Crippen molar-refractivity contribution < 1.29 is 14.6 Å². The molecule has 0 aliphatic heterocycles. The summed E-state index contributed by atoms with van der Waals surface area (Å²) < 4.78 is 6.44. The second kappa shape index (κ2) is 13.0. The molecule has 170 valence electrons. The number of para-hydroxylation sites is 1. The van der Waals surface area contributed by atoms with Crippen molar-refractivity contribution in [2.45, 2.75) is 71.1 Å². The van der Waals surface area contributed by atoms with Gasteiger partial charge in [-0.3, -0.25) is 4.79 Å². The molecule has 0 amide bonds. The van der Waals surface area contributed by atoms with Crippen LogP contribution in [-0.4, -0.2) is 22.3 Å². The van der Waals surface area contributed by atoms with Crippen LogP contribution in [0.4, 0.5) is 5.13 Å². The van der Waals surface area contributed by atoms with Crippen molar-refractivity contribution in [2.24, 2.45) is 4.99 Å². The fourth-order valence-electron chi connectivity index (χ4n) is 3.50. The van der Waals surface area contributed by atoms with Gasteiger partial charge in [-0.05, 0) is 30.7 Å². The molecule has 0 radical (unpaired) electrons. The van der Waals surface area contributed by atoms with E-state index in [2.05, 4.69) is 16.9 Å². The summed E-state index contributed by atoms with van der Waals surface area (Å²) in [5.74, 6) is 0.104. The molecule has 3 rings (SSSR count). The van der Waals surface area contributed by atoms with Crippen LogP contribution in [0.1, 0.15) is 76.7 Å². The number of phenols is 1. The van der Waals surface area contributed by atoms with E-state index in [9.17, 15) is 9.90 Å². The maximum atomic E-state index is 12.1. The van der Waals surface area contributed by atoms with Crippen molar-refractivity contribution in [3.63, 3.8) is 0 Å². The molecule has 1 aromatic heterocycles. The number of aromatic hydroxyl groups is 1. The molecule has 0 aliphatic rings. The Morgan fingerprint density at radius 3 is 2.47 bits per heavy atom. The van der Waals surface area contributed by atoms with Crippen LogP contribution in [-0.2, 0) is 4.79 Å². The molecule has 0 unspecified atom stereocenters. The van der Waals surface area contributed by atoms with Gasteiger partial charge in [0.1, 0.15) is 11.5 Å². The zero-order chi connectivity index (χ0) is 22.6. The number of esters is 1. The summed E-state index contributed by atoms with van der Waals surface area (Å²) in [4.78, 5) is 20.9. The summed E-state index contributed by atoms with van der Waals surface area (Å²) in [5.41, 5.74) is 1.45. The molecule has 0 saturated carbocycles. The van der Waals surface area contributed by atoms with Crippen molar-refractivity contribution in [1.82, 2.24) is 4.98 Å². The molecule has 2 aromatic carbocycles. The van der Waals surface area contributed by atoms with Gasteiger partial charge in [-0.2, -0.15) is 0 Å². The van der Waals surface area contributed by atoms with E-state index in [1.54, 1.807) is 18.3 Å². The normalized spacial score (nSPS) is 11.4. The van der Waals surface area contributed by atoms with Crippen LogP contribution in [0.25, 0.3) is 10.2 Å². The monoisotopic (exact) mass is 452 g/mol. The third-order valence-electron chi connectivity index (χ3n) is 5.31. The Bertz CT molecular complexity index is 996. The van der Waals surface area contributed by atoms with Crippen molar-refractivity contribution in [1.29, 1.82) is 0 Å². The first kappa shape index (κ1) is 23.9. The van der Waals surface area contributed by atoms with Gasteiger partial charge in [0.05, 0.1) is 10.2 Å². The third kappa shape index (κ3) is 7.75. The molecular formula is C26H32N2O3S. The number of fused-ring (bicyclic) bond motifs is 1. The Hall–Kier alpha value is -2.73. The summed E-state index contributed by atoms with van der Waals surface area (Å²) in [6, 6.07) is 12.7. The van der Waals surface area contributed by atoms with E-state index in [1.807, 2.05) is 24.3 Å². The maximum absolute atomic E-state index is 12.1. The smallest absolute Gasteiger partial charge is 0.311 e. The molecule has 6 heteroatoms. The highest BCUT2D eigenvalue weighted by atomic mass is 32.1. The minimum atomic E-state index is -0.261. The number of unbranched alkanes of at least 4 members (excludes halogenated alkanes) is 8. The highest BCUT2D eigenvalue weighted by Crippen LogP contribution is 2.28. The van der Waals surface area contributed by atoms with Gasteiger partial charge >= 0.3 is 5.97 Å². The highest BCUT2D eigenvalue weighted by molar-refractivity contribution is 7.22. The number of phenolic OH excluding ortho intramolecular Hbond substituents is 1. The van der Waals surface area contributed by atoms with E-state index in [4.69, 9.17) is 4.74 Å². The van der Waals surface area contributed by atoms with Crippen LogP contribution >= 0.6 is 11.3 Å². The van der Waals surface area contributed by atoms with Gasteiger partial charge in [-0.15, -0.1) is 0 Å². The average molecular weight is 453 g/mol. The maximum Gasteiger partial charge on any atom is 0.311 e. The van der Waals surface area contributed by atoms with Crippen molar-refractivity contribution >= 4 is 38.9 Å². The number of hydrogen-bond acceptors (Lipinski definition) is 6. The van der Waals surface area contributed by atoms with Crippen LogP contribution < -0.4 is 4.74 Å². The van der Waals surface area contributed by atoms with Crippen molar-refractivity contribution in [2.75, 3.05) is 0 Å². The molecule has 0 bridgehead atoms. The van der Waals surface area contributed by atoms with Crippen molar-refractivity contribution in [3.05, 3.63) is 48.0 Å². The number of benzene rings is 2. The van der Waals surface area contributed by atoms with Gasteiger partial charge in [0.2, 0.25) is 5.13 Å². The number of carbonyl (C=O) groups is 1. The number of aliphatic imine (C=N–C) groups is 1. The Labute approximate surface area is 194 Å². The Balaban J connectivity index is 1.40. The number of nitrogens with zero attached hydrogens (tertiary/aromatic N) is 2. The molecule has 1 N–H and O–H groups in total. The first-order valence-electron chi connectivity index (χ1n) is 11.6. The second-order valence-corrected chi connectivity index (χ2v) is 9.00. The molecule has 0 saturated heterocycles. The first-order chi connectivity index (χ1) is 15.7. The largest absolute Gasteiger partial charge is 0.507 e. The number of aromatic nitrogens is 1. The van der Waals surface area contributed by atoms with Crippen molar-refractivity contribution in [3.8, 4) is 11.5 Å². The van der Waals surface area contributed by atoms with Gasteiger partial charge in [-0.25, -0.2) is 9.98 Å². The summed E-state index contributed by atoms with van der Waals surface area (Å²) in [7, 11) is 0. The fourth-order valence-corrected chi connectivity index (χ4v) is 4.31. The zero-order valence-corrected chi connectivity index (χ0v) is 19.6. The SMILES string of the molecule is CCCCCCCCCCCC(=O)Oc1ccc(/C=N/c2nc3ccccc3s2)c(O)c1. The summed E-state index contributed by atoms with van der Waals surface area (Å²) in [6.45, 7) is 2.23. The predicted octanol–water partition coefficient (Wildman–Crippen LogP) is 7.58. The summed E-state index contributed by atoms with van der Waals surface area (Å²) in [6.07, 6.45) is 12.8. The van der Waals surface area contributed by atoms with Gasteiger partial charge in [-0.1, -0.05) is 81.8 Å². The van der Waals surface area contributed by atoms with Gasteiger partial charge in [0, 0.05) is 24.3 Å². The summed E-state index contributed by atoms with van der Waals surface area (Å²) >= 11 is 1.49. The number of thiazole rings is 1. The second-order valence-electron chi connectivity index (χ2n) is 8.00. The minimum absolute atomic E-state index is 0.0169. The minimum Gasteiger partial charge on any atom is -0.507 e. The van der Waals surface area contributed by atoms with Crippen LogP contribution in [0.15, 0.2) is 47.5 Å². The van der Waals surface area contributed by atoms with E-state index in [0.29, 0.717) is 22.9 Å². The third-order valence-corrected chi connectivity index (χ3v) is 6.26. The first-order valence-corrected chi connectivity index (χ1v) is 12.4. The zero-order valence-electron chi connectivity index (χ0n) is 18.8. The van der Waals surface area contributed by atoms with E-state index >= 15 is 0 Å². The Morgan fingerprint density at radius 1 is 1.03 bits per heavy atom. The predicted molar refractivity (Wildman–Crippen MR) is 132 cm³/mol.